The van der Waals surface area contributed by atoms with Gasteiger partial charge in [0, 0.05) is 6.54 Å². The van der Waals surface area contributed by atoms with Crippen molar-refractivity contribution in [1.82, 2.24) is 5.32 Å². The summed E-state index contributed by atoms with van der Waals surface area (Å²) >= 11 is 0. The molecule has 4 heteroatoms. The maximum absolute atomic E-state index is 12.3. The van der Waals surface area contributed by atoms with Gasteiger partial charge in [-0.15, -0.1) is 0 Å². The molecule has 1 aliphatic rings. The number of rotatable bonds is 5. The first-order valence-electron chi connectivity index (χ1n) is 7.82. The summed E-state index contributed by atoms with van der Waals surface area (Å²) in [6.45, 7) is 1.98. The van der Waals surface area contributed by atoms with Crippen LogP contribution in [0.2, 0.25) is 0 Å². The number of aliphatic hydroxyl groups is 1. The molecule has 1 amide bonds. The zero-order valence-corrected chi connectivity index (χ0v) is 12.7. The number of hydrogen-bond acceptors (Lipinski definition) is 3. The van der Waals surface area contributed by atoms with Crippen LogP contribution in [0.15, 0.2) is 30.3 Å². The summed E-state index contributed by atoms with van der Waals surface area (Å²) in [5.74, 6) is 0.0587. The summed E-state index contributed by atoms with van der Waals surface area (Å²) in [4.78, 5) is 12.3. The van der Waals surface area contributed by atoms with Gasteiger partial charge in [0.2, 0.25) is 5.91 Å². The number of aliphatic hydroxyl groups excluding tert-OH is 1. The Morgan fingerprint density at radius 2 is 1.95 bits per heavy atom. The summed E-state index contributed by atoms with van der Waals surface area (Å²) in [5, 5.41) is 13.0. The van der Waals surface area contributed by atoms with Gasteiger partial charge >= 0.3 is 0 Å². The fourth-order valence-electron chi connectivity index (χ4n) is 2.98. The van der Waals surface area contributed by atoms with Crippen LogP contribution < -0.4 is 11.1 Å². The monoisotopic (exact) mass is 290 g/mol. The molecule has 0 aliphatic heterocycles. The number of carbonyl (C=O) groups is 1. The van der Waals surface area contributed by atoms with Crippen molar-refractivity contribution in [1.29, 1.82) is 0 Å². The number of nitrogens with two attached hydrogens (primary N) is 1. The van der Waals surface area contributed by atoms with Crippen LogP contribution in [0.1, 0.15) is 44.6 Å². The minimum Gasteiger partial charge on any atom is -0.391 e. The summed E-state index contributed by atoms with van der Waals surface area (Å²) in [6.07, 6.45) is 5.24. The molecule has 1 saturated carbocycles. The molecule has 1 aromatic carbocycles. The summed E-state index contributed by atoms with van der Waals surface area (Å²) in [6, 6.07) is 9.31. The van der Waals surface area contributed by atoms with Crippen molar-refractivity contribution in [3.63, 3.8) is 0 Å². The minimum atomic E-state index is -1.08. The normalized spacial score (nSPS) is 20.5. The van der Waals surface area contributed by atoms with Crippen molar-refractivity contribution in [2.75, 3.05) is 6.54 Å². The molecule has 4 N–H and O–H groups in total. The smallest absolute Gasteiger partial charge is 0.244 e. The van der Waals surface area contributed by atoms with E-state index in [2.05, 4.69) is 5.32 Å². The van der Waals surface area contributed by atoms with Gasteiger partial charge in [-0.25, -0.2) is 0 Å². The van der Waals surface area contributed by atoms with Crippen molar-refractivity contribution in [2.45, 2.75) is 50.7 Å². The predicted molar refractivity (Wildman–Crippen MR) is 83.6 cm³/mol. The standard InChI is InChI=1S/C17H26N2O2/c1-17(18,14-10-6-3-7-11-14)16(21)19-12-15(20)13-8-4-2-5-9-13/h3,6-7,10-11,13,15,20H,2,4-5,8-9,12,18H2,1H3,(H,19,21). The summed E-state index contributed by atoms with van der Waals surface area (Å²) < 4.78 is 0. The third kappa shape index (κ3) is 4.05. The molecule has 4 nitrogen and oxygen atoms in total. The Kier molecular flexibility index (Phi) is 5.37. The Hall–Kier alpha value is -1.39. The fraction of sp³-hybridized carbons (Fsp3) is 0.588. The topological polar surface area (TPSA) is 75.4 Å². The summed E-state index contributed by atoms with van der Waals surface area (Å²) in [7, 11) is 0. The van der Waals surface area contributed by atoms with Crippen LogP contribution in [0, 0.1) is 5.92 Å². The first-order chi connectivity index (χ1) is 10.0. The Morgan fingerprint density at radius 1 is 1.33 bits per heavy atom. The largest absolute Gasteiger partial charge is 0.391 e. The zero-order valence-electron chi connectivity index (χ0n) is 12.7. The van der Waals surface area contributed by atoms with Gasteiger partial charge in [-0.1, -0.05) is 49.6 Å². The van der Waals surface area contributed by atoms with Crippen LogP contribution in [0.4, 0.5) is 0 Å². The Labute approximate surface area is 126 Å². The molecule has 2 atom stereocenters. The second-order valence-corrected chi connectivity index (χ2v) is 6.24. The molecular weight excluding hydrogens is 264 g/mol. The third-order valence-corrected chi connectivity index (χ3v) is 4.51. The van der Waals surface area contributed by atoms with Gasteiger partial charge < -0.3 is 16.2 Å². The fourth-order valence-corrected chi connectivity index (χ4v) is 2.98. The van der Waals surface area contributed by atoms with Crippen molar-refractivity contribution in [3.05, 3.63) is 35.9 Å². The van der Waals surface area contributed by atoms with E-state index in [4.69, 9.17) is 5.73 Å². The lowest BCUT2D eigenvalue weighted by atomic mass is 9.85. The van der Waals surface area contributed by atoms with Crippen molar-refractivity contribution in [3.8, 4) is 0 Å². The van der Waals surface area contributed by atoms with E-state index in [1.54, 1.807) is 6.92 Å². The maximum Gasteiger partial charge on any atom is 0.244 e. The molecule has 21 heavy (non-hydrogen) atoms. The lowest BCUT2D eigenvalue weighted by Gasteiger charge is -2.29. The molecular formula is C17H26N2O2. The van der Waals surface area contributed by atoms with Crippen molar-refractivity contribution in [2.24, 2.45) is 11.7 Å². The predicted octanol–water partition coefficient (Wildman–Crippen LogP) is 1.92. The van der Waals surface area contributed by atoms with E-state index in [-0.39, 0.29) is 12.5 Å². The van der Waals surface area contributed by atoms with Gasteiger partial charge in [0.1, 0.15) is 5.54 Å². The Bertz CT molecular complexity index is 453. The minimum absolute atomic E-state index is 0.247. The van der Waals surface area contributed by atoms with Crippen LogP contribution in [0.3, 0.4) is 0 Å². The molecule has 1 aromatic rings. The average molecular weight is 290 g/mol. The van der Waals surface area contributed by atoms with E-state index in [0.717, 1.165) is 18.4 Å². The van der Waals surface area contributed by atoms with Gasteiger partial charge in [0.25, 0.3) is 0 Å². The molecule has 1 fully saturated rings. The van der Waals surface area contributed by atoms with Crippen LogP contribution >= 0.6 is 0 Å². The second kappa shape index (κ2) is 7.05. The van der Waals surface area contributed by atoms with E-state index in [9.17, 15) is 9.90 Å². The molecule has 2 rings (SSSR count). The number of nitrogens with one attached hydrogen (secondary N) is 1. The quantitative estimate of drug-likeness (QED) is 0.775. The molecule has 116 valence electrons. The van der Waals surface area contributed by atoms with Crippen LogP contribution in [0.5, 0.6) is 0 Å². The lowest BCUT2D eigenvalue weighted by Crippen LogP contribution is -2.51. The molecule has 0 radical (unpaired) electrons. The van der Waals surface area contributed by atoms with Crippen LogP contribution in [0.25, 0.3) is 0 Å². The lowest BCUT2D eigenvalue weighted by molar-refractivity contribution is -0.126. The Balaban J connectivity index is 1.88. The van der Waals surface area contributed by atoms with Gasteiger partial charge in [0.15, 0.2) is 0 Å². The van der Waals surface area contributed by atoms with Gasteiger partial charge in [-0.2, -0.15) is 0 Å². The summed E-state index contributed by atoms with van der Waals surface area (Å²) in [5.41, 5.74) is 5.85. The molecule has 0 bridgehead atoms. The average Bonchev–Trinajstić information content (AvgIpc) is 2.53. The molecule has 0 saturated heterocycles. The highest BCUT2D eigenvalue weighted by molar-refractivity contribution is 5.86. The van der Waals surface area contributed by atoms with Crippen molar-refractivity contribution < 1.29 is 9.90 Å². The van der Waals surface area contributed by atoms with E-state index in [0.29, 0.717) is 5.92 Å². The SMILES string of the molecule is CC(N)(C(=O)NCC(O)C1CCCCC1)c1ccccc1. The van der Waals surface area contributed by atoms with Crippen LogP contribution in [-0.2, 0) is 10.3 Å². The molecule has 0 aromatic heterocycles. The second-order valence-electron chi connectivity index (χ2n) is 6.24. The van der Waals surface area contributed by atoms with E-state index >= 15 is 0 Å². The zero-order chi connectivity index (χ0) is 15.3. The van der Waals surface area contributed by atoms with Gasteiger partial charge in [-0.05, 0) is 31.2 Å². The first-order valence-corrected chi connectivity index (χ1v) is 7.82. The van der Waals surface area contributed by atoms with E-state index in [1.165, 1.54) is 19.3 Å². The number of hydrogen-bond donors (Lipinski definition) is 3. The number of carbonyl (C=O) groups excluding carboxylic acids is 1. The third-order valence-electron chi connectivity index (χ3n) is 4.51. The highest BCUT2D eigenvalue weighted by Crippen LogP contribution is 2.26. The highest BCUT2D eigenvalue weighted by Gasteiger charge is 2.31. The molecule has 1 aliphatic carbocycles. The molecule has 2 unspecified atom stereocenters. The van der Waals surface area contributed by atoms with Crippen molar-refractivity contribution >= 4 is 5.91 Å². The van der Waals surface area contributed by atoms with E-state index < -0.39 is 11.6 Å². The molecule has 0 spiro atoms. The maximum atomic E-state index is 12.3. The number of amides is 1. The number of benzene rings is 1. The van der Waals surface area contributed by atoms with E-state index in [1.807, 2.05) is 30.3 Å². The highest BCUT2D eigenvalue weighted by atomic mass is 16.3. The van der Waals surface area contributed by atoms with Gasteiger partial charge in [-0.3, -0.25) is 4.79 Å². The Morgan fingerprint density at radius 3 is 2.57 bits per heavy atom. The van der Waals surface area contributed by atoms with Gasteiger partial charge in [0.05, 0.1) is 6.10 Å². The molecule has 0 heterocycles. The first kappa shape index (κ1) is 16.0. The van der Waals surface area contributed by atoms with Crippen LogP contribution in [-0.4, -0.2) is 23.7 Å².